The summed E-state index contributed by atoms with van der Waals surface area (Å²) in [7, 11) is 2.34. The first-order valence-corrected chi connectivity index (χ1v) is 8.49. The molecule has 2 fully saturated rings. The van der Waals surface area contributed by atoms with Crippen molar-refractivity contribution in [2.24, 2.45) is 17.3 Å². The molecule has 0 saturated heterocycles. The smallest absolute Gasteiger partial charge is 0.00472 e. The number of hydrogen-bond donors (Lipinski definition) is 1. The Morgan fingerprint density at radius 3 is 2.42 bits per heavy atom. The molecule has 2 nitrogen and oxygen atoms in total. The number of nitrogens with zero attached hydrogens (tertiary/aromatic N) is 1. The average Bonchev–Trinajstić information content (AvgIpc) is 3.13. The molecule has 0 unspecified atom stereocenters. The molecular formula is C17H34N2. The van der Waals surface area contributed by atoms with Crippen LogP contribution < -0.4 is 5.32 Å². The summed E-state index contributed by atoms with van der Waals surface area (Å²) in [5, 5.41) is 3.74. The predicted octanol–water partition coefficient (Wildman–Crippen LogP) is 3.52. The summed E-state index contributed by atoms with van der Waals surface area (Å²) in [5.74, 6) is 1.79. The summed E-state index contributed by atoms with van der Waals surface area (Å²) in [6, 6.07) is 0. The van der Waals surface area contributed by atoms with Gasteiger partial charge in [-0.1, -0.05) is 33.1 Å². The van der Waals surface area contributed by atoms with Crippen LogP contribution in [0, 0.1) is 17.3 Å². The zero-order chi connectivity index (χ0) is 13.7. The molecule has 0 spiro atoms. The topological polar surface area (TPSA) is 15.3 Å². The minimum atomic E-state index is 0.566. The summed E-state index contributed by atoms with van der Waals surface area (Å²) in [6.07, 6.45) is 10.2. The van der Waals surface area contributed by atoms with Crippen LogP contribution in [0.2, 0.25) is 0 Å². The van der Waals surface area contributed by atoms with Gasteiger partial charge in [0, 0.05) is 19.6 Å². The first-order chi connectivity index (χ1) is 9.10. The molecule has 2 aliphatic rings. The standard InChI is InChI=1S/C17H34N2/c1-15(2)11-18-13-17(9-5-4-6-10-17)14-19(3)12-16-7-8-16/h15-16,18H,4-14H2,1-3H3. The Morgan fingerprint density at radius 1 is 1.16 bits per heavy atom. The third-order valence-electron chi connectivity index (χ3n) is 4.84. The molecule has 0 radical (unpaired) electrons. The summed E-state index contributed by atoms with van der Waals surface area (Å²) >= 11 is 0. The predicted molar refractivity (Wildman–Crippen MR) is 83.4 cm³/mol. The van der Waals surface area contributed by atoms with Crippen LogP contribution in [0.3, 0.4) is 0 Å². The minimum Gasteiger partial charge on any atom is -0.316 e. The van der Waals surface area contributed by atoms with Crippen LogP contribution in [0.1, 0.15) is 58.8 Å². The van der Waals surface area contributed by atoms with E-state index in [1.54, 1.807) is 0 Å². The van der Waals surface area contributed by atoms with Gasteiger partial charge in [0.2, 0.25) is 0 Å². The Bertz CT molecular complexity index is 252. The van der Waals surface area contributed by atoms with E-state index in [2.05, 4.69) is 31.1 Å². The van der Waals surface area contributed by atoms with Gasteiger partial charge < -0.3 is 10.2 Å². The van der Waals surface area contributed by atoms with Crippen LogP contribution in [-0.2, 0) is 0 Å². The first kappa shape index (κ1) is 15.3. The Hall–Kier alpha value is -0.0800. The lowest BCUT2D eigenvalue weighted by atomic mass is 9.73. The summed E-state index contributed by atoms with van der Waals surface area (Å²) in [6.45, 7) is 9.67. The molecule has 0 aromatic rings. The van der Waals surface area contributed by atoms with Crippen molar-refractivity contribution in [1.29, 1.82) is 0 Å². The van der Waals surface area contributed by atoms with Gasteiger partial charge in [-0.05, 0) is 56.5 Å². The van der Waals surface area contributed by atoms with Crippen LogP contribution in [0.5, 0.6) is 0 Å². The molecule has 2 aliphatic carbocycles. The molecule has 0 aromatic carbocycles. The lowest BCUT2D eigenvalue weighted by Crippen LogP contribution is -2.45. The molecule has 2 heteroatoms. The largest absolute Gasteiger partial charge is 0.316 e. The van der Waals surface area contributed by atoms with Crippen molar-refractivity contribution >= 4 is 0 Å². The van der Waals surface area contributed by atoms with E-state index in [4.69, 9.17) is 0 Å². The molecule has 2 rings (SSSR count). The maximum absolute atomic E-state index is 3.74. The highest BCUT2D eigenvalue weighted by Crippen LogP contribution is 2.37. The minimum absolute atomic E-state index is 0.566. The molecule has 1 N–H and O–H groups in total. The van der Waals surface area contributed by atoms with Crippen molar-refractivity contribution in [3.05, 3.63) is 0 Å². The van der Waals surface area contributed by atoms with Gasteiger partial charge in [0.1, 0.15) is 0 Å². The van der Waals surface area contributed by atoms with E-state index in [0.717, 1.165) is 11.8 Å². The fraction of sp³-hybridized carbons (Fsp3) is 1.00. The van der Waals surface area contributed by atoms with E-state index < -0.39 is 0 Å². The van der Waals surface area contributed by atoms with Crippen LogP contribution in [0.4, 0.5) is 0 Å². The second-order valence-corrected chi connectivity index (χ2v) is 7.73. The van der Waals surface area contributed by atoms with Crippen molar-refractivity contribution < 1.29 is 0 Å². The summed E-state index contributed by atoms with van der Waals surface area (Å²) in [5.41, 5.74) is 0.566. The lowest BCUT2D eigenvalue weighted by molar-refractivity contribution is 0.114. The monoisotopic (exact) mass is 266 g/mol. The molecule has 0 heterocycles. The second-order valence-electron chi connectivity index (χ2n) is 7.73. The third-order valence-corrected chi connectivity index (χ3v) is 4.84. The maximum Gasteiger partial charge on any atom is 0.00472 e. The fourth-order valence-corrected chi connectivity index (χ4v) is 3.70. The van der Waals surface area contributed by atoms with Gasteiger partial charge >= 0.3 is 0 Å². The third kappa shape index (κ3) is 5.43. The van der Waals surface area contributed by atoms with E-state index in [1.165, 1.54) is 71.1 Å². The number of hydrogen-bond acceptors (Lipinski definition) is 2. The molecule has 19 heavy (non-hydrogen) atoms. The summed E-state index contributed by atoms with van der Waals surface area (Å²) in [4.78, 5) is 2.63. The van der Waals surface area contributed by atoms with E-state index in [0.29, 0.717) is 5.41 Å². The Kier molecular flexibility index (Phi) is 5.70. The van der Waals surface area contributed by atoms with Gasteiger partial charge in [-0.15, -0.1) is 0 Å². The Labute approximate surface area is 120 Å². The molecule has 0 amide bonds. The SMILES string of the molecule is CC(C)CNCC1(CN(C)CC2CC2)CCCCC1. The second kappa shape index (κ2) is 7.08. The molecule has 0 aliphatic heterocycles. The van der Waals surface area contributed by atoms with Crippen molar-refractivity contribution in [3.63, 3.8) is 0 Å². The van der Waals surface area contributed by atoms with Crippen molar-refractivity contribution in [3.8, 4) is 0 Å². The molecule has 0 aromatic heterocycles. The number of nitrogens with one attached hydrogen (secondary N) is 1. The van der Waals surface area contributed by atoms with E-state index in [-0.39, 0.29) is 0 Å². The zero-order valence-electron chi connectivity index (χ0n) is 13.4. The van der Waals surface area contributed by atoms with Gasteiger partial charge in [-0.2, -0.15) is 0 Å². The molecule has 112 valence electrons. The number of rotatable bonds is 8. The van der Waals surface area contributed by atoms with Crippen molar-refractivity contribution in [2.75, 3.05) is 33.2 Å². The van der Waals surface area contributed by atoms with Crippen molar-refractivity contribution in [2.45, 2.75) is 58.8 Å². The highest BCUT2D eigenvalue weighted by Gasteiger charge is 2.34. The zero-order valence-corrected chi connectivity index (χ0v) is 13.4. The molecule has 0 atom stereocenters. The van der Waals surface area contributed by atoms with Gasteiger partial charge in [-0.25, -0.2) is 0 Å². The van der Waals surface area contributed by atoms with Crippen LogP contribution in [0.25, 0.3) is 0 Å². The van der Waals surface area contributed by atoms with Crippen LogP contribution >= 0.6 is 0 Å². The highest BCUT2D eigenvalue weighted by atomic mass is 15.1. The van der Waals surface area contributed by atoms with Gasteiger partial charge in [0.05, 0.1) is 0 Å². The normalized spacial score (nSPS) is 23.2. The average molecular weight is 266 g/mol. The van der Waals surface area contributed by atoms with Crippen LogP contribution in [-0.4, -0.2) is 38.1 Å². The van der Waals surface area contributed by atoms with E-state index >= 15 is 0 Å². The summed E-state index contributed by atoms with van der Waals surface area (Å²) < 4.78 is 0. The Morgan fingerprint density at radius 2 is 1.84 bits per heavy atom. The highest BCUT2D eigenvalue weighted by molar-refractivity contribution is 4.88. The van der Waals surface area contributed by atoms with Crippen LogP contribution in [0.15, 0.2) is 0 Å². The quantitative estimate of drug-likeness (QED) is 0.723. The van der Waals surface area contributed by atoms with E-state index in [9.17, 15) is 0 Å². The molecule has 0 bridgehead atoms. The van der Waals surface area contributed by atoms with E-state index in [1.807, 2.05) is 0 Å². The lowest BCUT2D eigenvalue weighted by Gasteiger charge is -2.40. The Balaban J connectivity index is 1.81. The fourth-order valence-electron chi connectivity index (χ4n) is 3.70. The first-order valence-electron chi connectivity index (χ1n) is 8.49. The maximum atomic E-state index is 3.74. The van der Waals surface area contributed by atoms with Gasteiger partial charge in [-0.3, -0.25) is 0 Å². The van der Waals surface area contributed by atoms with Crippen molar-refractivity contribution in [1.82, 2.24) is 10.2 Å². The van der Waals surface area contributed by atoms with Gasteiger partial charge in [0.25, 0.3) is 0 Å². The van der Waals surface area contributed by atoms with Gasteiger partial charge in [0.15, 0.2) is 0 Å². The molecule has 2 saturated carbocycles. The molecular weight excluding hydrogens is 232 g/mol.